The lowest BCUT2D eigenvalue weighted by Crippen LogP contribution is -2.09. The molecule has 10 heteroatoms. The van der Waals surface area contributed by atoms with Crippen LogP contribution < -0.4 is 19.3 Å². The van der Waals surface area contributed by atoms with E-state index in [-0.39, 0.29) is 22.5 Å². The highest BCUT2D eigenvalue weighted by Crippen LogP contribution is 2.38. The minimum Gasteiger partial charge on any atom is -0.497 e. The van der Waals surface area contributed by atoms with E-state index in [0.29, 0.717) is 6.61 Å². The zero-order chi connectivity index (χ0) is 41.1. The summed E-state index contributed by atoms with van der Waals surface area (Å²) in [7, 11) is 1.63. The molecule has 0 N–H and O–H groups in total. The maximum absolute atomic E-state index is 12.3. The van der Waals surface area contributed by atoms with Crippen LogP contribution in [-0.4, -0.2) is 23.6 Å². The second-order valence-electron chi connectivity index (χ2n) is 13.3. The van der Waals surface area contributed by atoms with Crippen LogP contribution in [-0.2, 0) is 0 Å². The molecule has 0 saturated carbocycles. The molecular weight excluding hydrogens is 741 g/mol. The first kappa shape index (κ1) is 39.3. The summed E-state index contributed by atoms with van der Waals surface area (Å²) in [5.74, 6) is 1.53. The Bertz CT molecular complexity index is 2580. The molecular formula is C49H40N4O6. The maximum atomic E-state index is 12.3. The lowest BCUT2D eigenvalue weighted by molar-refractivity contribution is -0.389. The number of nitro groups is 2. The lowest BCUT2D eigenvalue weighted by Gasteiger charge is -2.25. The topological polar surface area (TPSA) is 111 Å². The van der Waals surface area contributed by atoms with Crippen LogP contribution in [0.15, 0.2) is 170 Å². The third-order valence-electron chi connectivity index (χ3n) is 9.55. The third kappa shape index (κ3) is 9.36. The van der Waals surface area contributed by atoms with Gasteiger partial charge < -0.3 is 19.3 Å². The Morgan fingerprint density at radius 3 is 1.15 bits per heavy atom. The molecule has 0 aliphatic rings. The predicted molar refractivity (Wildman–Crippen MR) is 238 cm³/mol. The van der Waals surface area contributed by atoms with E-state index < -0.39 is 9.85 Å². The van der Waals surface area contributed by atoms with Crippen molar-refractivity contribution in [2.45, 2.75) is 6.92 Å². The minimum absolute atomic E-state index is 0.117. The van der Waals surface area contributed by atoms with E-state index in [4.69, 9.17) is 9.47 Å². The first-order valence-corrected chi connectivity index (χ1v) is 18.9. The Labute approximate surface area is 342 Å². The summed E-state index contributed by atoms with van der Waals surface area (Å²) in [6.45, 7) is 2.52. The van der Waals surface area contributed by atoms with Crippen molar-refractivity contribution >= 4 is 69.8 Å². The van der Waals surface area contributed by atoms with Gasteiger partial charge in [-0.15, -0.1) is 0 Å². The molecule has 0 heterocycles. The van der Waals surface area contributed by atoms with Gasteiger partial charge in [-0.25, -0.2) is 0 Å². The van der Waals surface area contributed by atoms with Crippen molar-refractivity contribution in [2.24, 2.45) is 0 Å². The highest BCUT2D eigenvalue weighted by molar-refractivity contribution is 5.84. The molecule has 292 valence electrons. The highest BCUT2D eigenvalue weighted by Gasteiger charge is 2.22. The van der Waals surface area contributed by atoms with Crippen LogP contribution in [0.4, 0.5) is 45.5 Å². The van der Waals surface area contributed by atoms with Crippen LogP contribution in [0, 0.1) is 20.2 Å². The smallest absolute Gasteiger partial charge is 0.277 e. The van der Waals surface area contributed by atoms with E-state index in [1.165, 1.54) is 24.3 Å². The molecule has 0 aliphatic heterocycles. The molecule has 0 aromatic heterocycles. The Morgan fingerprint density at radius 2 is 0.814 bits per heavy atom. The van der Waals surface area contributed by atoms with Gasteiger partial charge >= 0.3 is 0 Å². The molecule has 0 atom stereocenters. The van der Waals surface area contributed by atoms with Gasteiger partial charge in [0.1, 0.15) is 11.5 Å². The summed E-state index contributed by atoms with van der Waals surface area (Å²) in [6.07, 6.45) is 6.49. The second kappa shape index (κ2) is 18.3. The number of anilines is 6. The molecule has 59 heavy (non-hydrogen) atoms. The van der Waals surface area contributed by atoms with Gasteiger partial charge in [0.15, 0.2) is 0 Å². The van der Waals surface area contributed by atoms with Crippen LogP contribution in [0.25, 0.3) is 24.3 Å². The summed E-state index contributed by atoms with van der Waals surface area (Å²) in [5.41, 5.74) is 6.86. The maximum Gasteiger partial charge on any atom is 0.277 e. The Balaban J connectivity index is 1.13. The number of hydrogen-bond acceptors (Lipinski definition) is 8. The Kier molecular flexibility index (Phi) is 12.2. The van der Waals surface area contributed by atoms with E-state index in [0.717, 1.165) is 56.8 Å². The number of methoxy groups -OCH3 is 1. The number of benzene rings is 7. The predicted octanol–water partition coefficient (Wildman–Crippen LogP) is 13.2. The highest BCUT2D eigenvalue weighted by atomic mass is 16.6. The van der Waals surface area contributed by atoms with Crippen molar-refractivity contribution in [1.29, 1.82) is 0 Å². The van der Waals surface area contributed by atoms with Crippen molar-refractivity contribution in [2.75, 3.05) is 23.5 Å². The fourth-order valence-corrected chi connectivity index (χ4v) is 6.67. The normalized spacial score (nSPS) is 11.1. The number of ether oxygens (including phenoxy) is 2. The summed E-state index contributed by atoms with van der Waals surface area (Å²) in [4.78, 5) is 27.8. The van der Waals surface area contributed by atoms with E-state index in [9.17, 15) is 20.2 Å². The van der Waals surface area contributed by atoms with Gasteiger partial charge in [-0.1, -0.05) is 72.8 Å². The molecule has 7 rings (SSSR count). The van der Waals surface area contributed by atoms with E-state index in [1.54, 1.807) is 19.3 Å². The number of nitrogens with zero attached hydrogens (tertiary/aromatic N) is 4. The number of para-hydroxylation sites is 2. The molecule has 7 aromatic carbocycles. The fraction of sp³-hybridized carbons (Fsp3) is 0.0612. The van der Waals surface area contributed by atoms with Crippen LogP contribution in [0.1, 0.15) is 29.2 Å². The summed E-state index contributed by atoms with van der Waals surface area (Å²) < 4.78 is 11.0. The van der Waals surface area contributed by atoms with Gasteiger partial charge in [0.25, 0.3) is 11.4 Å². The molecule has 0 bridgehead atoms. The van der Waals surface area contributed by atoms with Crippen molar-refractivity contribution in [3.8, 4) is 11.5 Å². The van der Waals surface area contributed by atoms with E-state index in [2.05, 4.69) is 9.80 Å². The van der Waals surface area contributed by atoms with Gasteiger partial charge in [0.2, 0.25) is 0 Å². The van der Waals surface area contributed by atoms with Crippen molar-refractivity contribution < 1.29 is 19.3 Å². The molecule has 0 radical (unpaired) electrons. The molecule has 0 spiro atoms. The quantitative estimate of drug-likeness (QED) is 0.0574. The first-order chi connectivity index (χ1) is 28.8. The fourth-order valence-electron chi connectivity index (χ4n) is 6.67. The van der Waals surface area contributed by atoms with Gasteiger partial charge in [0.05, 0.1) is 34.7 Å². The summed E-state index contributed by atoms with van der Waals surface area (Å²) in [6, 6.07) is 53.4. The van der Waals surface area contributed by atoms with Crippen LogP contribution in [0.3, 0.4) is 0 Å². The van der Waals surface area contributed by atoms with E-state index >= 15 is 0 Å². The minimum atomic E-state index is -0.524. The average molecular weight is 781 g/mol. The van der Waals surface area contributed by atoms with Crippen LogP contribution in [0.5, 0.6) is 11.5 Å². The number of hydrogen-bond donors (Lipinski definition) is 0. The third-order valence-corrected chi connectivity index (χ3v) is 9.55. The SMILES string of the molecule is CCOc1ccc(N(c2ccccc2)c2ccc(/C=C/c3cc([N+](=O)[O-])c(/C=C/c4ccc(N(c5ccccc5)c5ccc(OC)cc5)cc4)cc3[N+](=O)[O-])cc2)cc1. The molecule has 0 aliphatic carbocycles. The largest absolute Gasteiger partial charge is 0.497 e. The first-order valence-electron chi connectivity index (χ1n) is 18.9. The van der Waals surface area contributed by atoms with Gasteiger partial charge in [0, 0.05) is 46.3 Å². The van der Waals surface area contributed by atoms with Gasteiger partial charge in [-0.05, 0) is 127 Å². The zero-order valence-electron chi connectivity index (χ0n) is 32.4. The number of nitro benzene ring substituents is 2. The molecule has 10 nitrogen and oxygen atoms in total. The van der Waals surface area contributed by atoms with Gasteiger partial charge in [-0.3, -0.25) is 20.2 Å². The van der Waals surface area contributed by atoms with Crippen molar-refractivity contribution in [1.82, 2.24) is 0 Å². The second-order valence-corrected chi connectivity index (χ2v) is 13.3. The van der Waals surface area contributed by atoms with Crippen molar-refractivity contribution in [3.63, 3.8) is 0 Å². The molecule has 0 saturated heterocycles. The summed E-state index contributed by atoms with van der Waals surface area (Å²) >= 11 is 0. The Hall–Kier alpha value is -7.98. The zero-order valence-corrected chi connectivity index (χ0v) is 32.4. The lowest BCUT2D eigenvalue weighted by atomic mass is 10.0. The standard InChI is InChI=1S/C49H40N4O6/c1-3-59-47-32-28-45(29-33-47)51(41-12-8-5-9-13-41)43-24-18-37(19-25-43)15-21-39-35-48(52(54)55)38(34-49(39)53(56)57)20-14-36-16-22-42(23-17-36)50(40-10-6-4-7-11-40)44-26-30-46(58-2)31-27-44/h4-35H,3H2,1-2H3/b20-14+,21-15+. The van der Waals surface area contributed by atoms with Crippen LogP contribution in [0.2, 0.25) is 0 Å². The monoisotopic (exact) mass is 780 g/mol. The molecule has 0 unspecified atom stereocenters. The summed E-state index contributed by atoms with van der Waals surface area (Å²) in [5, 5.41) is 24.6. The van der Waals surface area contributed by atoms with Gasteiger partial charge in [-0.2, -0.15) is 0 Å². The van der Waals surface area contributed by atoms with E-state index in [1.807, 2.05) is 165 Å². The number of rotatable bonds is 15. The molecule has 7 aromatic rings. The molecule has 0 amide bonds. The molecule has 0 fully saturated rings. The van der Waals surface area contributed by atoms with Crippen LogP contribution >= 0.6 is 0 Å². The Morgan fingerprint density at radius 1 is 0.475 bits per heavy atom. The average Bonchev–Trinajstić information content (AvgIpc) is 3.27. The van der Waals surface area contributed by atoms with Crippen molar-refractivity contribution in [3.05, 3.63) is 212 Å².